The van der Waals surface area contributed by atoms with Crippen LogP contribution in [-0.4, -0.2) is 31.1 Å². The highest BCUT2D eigenvalue weighted by atomic mass is 79.9. The van der Waals surface area contributed by atoms with E-state index in [1.807, 2.05) is 55.5 Å². The minimum Gasteiger partial charge on any atom is -0.490 e. The lowest BCUT2D eigenvalue weighted by atomic mass is 10.2. The molecule has 0 unspecified atom stereocenters. The third-order valence-corrected chi connectivity index (χ3v) is 3.77. The Morgan fingerprint density at radius 1 is 1.12 bits per heavy atom. The van der Waals surface area contributed by atoms with Gasteiger partial charge in [0.05, 0.1) is 6.21 Å². The van der Waals surface area contributed by atoms with E-state index < -0.39 is 0 Å². The first-order valence-corrected chi connectivity index (χ1v) is 9.05. The molecule has 25 heavy (non-hydrogen) atoms. The van der Waals surface area contributed by atoms with Crippen molar-refractivity contribution in [2.24, 2.45) is 5.10 Å². The predicted molar refractivity (Wildman–Crippen MR) is 109 cm³/mol. The van der Waals surface area contributed by atoms with Crippen LogP contribution in [0.25, 0.3) is 0 Å². The molecule has 0 bridgehead atoms. The van der Waals surface area contributed by atoms with Gasteiger partial charge in [-0.15, -0.1) is 0 Å². The van der Waals surface area contributed by atoms with Crippen LogP contribution in [0, 0.1) is 0 Å². The maximum absolute atomic E-state index is 5.70. The van der Waals surface area contributed by atoms with Gasteiger partial charge in [-0.25, -0.2) is 0 Å². The molecular weight excluding hydrogens is 402 g/mol. The monoisotopic (exact) mass is 421 g/mol. The number of halogens is 1. The molecule has 0 spiro atoms. The van der Waals surface area contributed by atoms with Crippen LogP contribution in [-0.2, 0) is 0 Å². The Morgan fingerprint density at radius 2 is 1.84 bits per heavy atom. The Balaban J connectivity index is 1.76. The molecule has 0 heterocycles. The van der Waals surface area contributed by atoms with Gasteiger partial charge in [-0.05, 0) is 61.1 Å². The van der Waals surface area contributed by atoms with Crippen LogP contribution in [0.5, 0.6) is 11.5 Å². The summed E-state index contributed by atoms with van der Waals surface area (Å²) in [5.74, 6) is 1.58. The van der Waals surface area contributed by atoms with Crippen LogP contribution in [0.3, 0.4) is 0 Å². The summed E-state index contributed by atoms with van der Waals surface area (Å²) in [4.78, 5) is 0. The first-order chi connectivity index (χ1) is 12.2. The van der Waals surface area contributed by atoms with Gasteiger partial charge in [0.1, 0.15) is 24.7 Å². The van der Waals surface area contributed by atoms with Crippen molar-refractivity contribution < 1.29 is 9.47 Å². The minimum absolute atomic E-state index is 0.458. The van der Waals surface area contributed by atoms with E-state index >= 15 is 0 Å². The molecule has 7 heteroatoms. The summed E-state index contributed by atoms with van der Waals surface area (Å²) in [5, 5.41) is 7.54. The average Bonchev–Trinajstić information content (AvgIpc) is 2.61. The summed E-state index contributed by atoms with van der Waals surface area (Å²) < 4.78 is 12.4. The van der Waals surface area contributed by atoms with Gasteiger partial charge >= 0.3 is 0 Å². The molecule has 5 nitrogen and oxygen atoms in total. The van der Waals surface area contributed by atoms with E-state index in [1.54, 1.807) is 6.21 Å². The first-order valence-electron chi connectivity index (χ1n) is 7.85. The van der Waals surface area contributed by atoms with Crippen LogP contribution in [0.1, 0.15) is 12.5 Å². The van der Waals surface area contributed by atoms with E-state index in [0.717, 1.165) is 28.1 Å². The lowest BCUT2D eigenvalue weighted by Gasteiger charge is -2.09. The normalized spacial score (nSPS) is 10.5. The maximum Gasteiger partial charge on any atom is 0.186 e. The van der Waals surface area contributed by atoms with Crippen molar-refractivity contribution in [1.82, 2.24) is 10.7 Å². The van der Waals surface area contributed by atoms with Crippen molar-refractivity contribution in [3.8, 4) is 11.5 Å². The van der Waals surface area contributed by atoms with E-state index in [0.29, 0.717) is 18.3 Å². The molecule has 0 fully saturated rings. The number of benzene rings is 2. The summed E-state index contributed by atoms with van der Waals surface area (Å²) in [7, 11) is 0. The van der Waals surface area contributed by atoms with Gasteiger partial charge in [0, 0.05) is 11.0 Å². The van der Waals surface area contributed by atoms with Crippen molar-refractivity contribution in [1.29, 1.82) is 0 Å². The second-order valence-corrected chi connectivity index (χ2v) is 6.28. The molecule has 132 valence electrons. The number of rotatable bonds is 8. The Morgan fingerprint density at radius 3 is 2.56 bits per heavy atom. The quantitative estimate of drug-likeness (QED) is 0.294. The third-order valence-electron chi connectivity index (χ3n) is 3.01. The number of thiocarbonyl (C=S) groups is 1. The summed E-state index contributed by atoms with van der Waals surface area (Å²) in [5.41, 5.74) is 3.67. The lowest BCUT2D eigenvalue weighted by Crippen LogP contribution is -2.31. The molecule has 0 aromatic heterocycles. The Bertz CT molecular complexity index is 708. The van der Waals surface area contributed by atoms with Gasteiger partial charge in [0.25, 0.3) is 0 Å². The minimum atomic E-state index is 0.458. The van der Waals surface area contributed by atoms with Crippen LogP contribution < -0.4 is 20.2 Å². The molecule has 0 saturated carbocycles. The number of nitrogens with one attached hydrogen (secondary N) is 2. The van der Waals surface area contributed by atoms with Crippen LogP contribution in [0.2, 0.25) is 0 Å². The molecule has 0 atom stereocenters. The third kappa shape index (κ3) is 7.53. The van der Waals surface area contributed by atoms with Gasteiger partial charge < -0.3 is 14.8 Å². The largest absolute Gasteiger partial charge is 0.490 e. The number of hydrogen-bond donors (Lipinski definition) is 2. The fourth-order valence-corrected chi connectivity index (χ4v) is 2.36. The standard InChI is InChI=1S/C18H20BrN3O2S/c1-2-20-18(25)22-21-13-14-4-3-5-17(12-14)24-11-10-23-16-8-6-15(19)7-9-16/h3-9,12-13H,2,10-11H2,1H3,(H2,20,22,25)/b21-13-. The molecule has 0 amide bonds. The molecule has 2 rings (SSSR count). The van der Waals surface area contributed by atoms with Crippen molar-refractivity contribution in [3.05, 3.63) is 58.6 Å². The second-order valence-electron chi connectivity index (χ2n) is 4.95. The predicted octanol–water partition coefficient (Wildman–Crippen LogP) is 3.72. The van der Waals surface area contributed by atoms with E-state index in [9.17, 15) is 0 Å². The first kappa shape index (κ1) is 19.2. The number of ether oxygens (including phenoxy) is 2. The summed E-state index contributed by atoms with van der Waals surface area (Å²) >= 11 is 8.43. The molecule has 2 N–H and O–H groups in total. The van der Waals surface area contributed by atoms with Crippen molar-refractivity contribution in [2.45, 2.75) is 6.92 Å². The SMILES string of the molecule is CCNC(=S)N/N=C\c1cccc(OCCOc2ccc(Br)cc2)c1. The molecule has 0 aliphatic heterocycles. The van der Waals surface area contributed by atoms with Crippen LogP contribution in [0.4, 0.5) is 0 Å². The molecular formula is C18H20BrN3O2S. The van der Waals surface area contributed by atoms with Crippen molar-refractivity contribution in [2.75, 3.05) is 19.8 Å². The Hall–Kier alpha value is -2.12. The number of hydrazone groups is 1. The maximum atomic E-state index is 5.70. The van der Waals surface area contributed by atoms with E-state index in [1.165, 1.54) is 0 Å². The molecule has 0 saturated heterocycles. The highest BCUT2D eigenvalue weighted by Crippen LogP contribution is 2.16. The van der Waals surface area contributed by atoms with Gasteiger partial charge in [-0.2, -0.15) is 5.10 Å². The fourth-order valence-electron chi connectivity index (χ4n) is 1.90. The summed E-state index contributed by atoms with van der Waals surface area (Å²) in [6, 6.07) is 15.3. The number of hydrogen-bond acceptors (Lipinski definition) is 4. The van der Waals surface area contributed by atoms with Crippen molar-refractivity contribution >= 4 is 39.5 Å². The highest BCUT2D eigenvalue weighted by molar-refractivity contribution is 9.10. The highest BCUT2D eigenvalue weighted by Gasteiger charge is 1.98. The average molecular weight is 422 g/mol. The van der Waals surface area contributed by atoms with Crippen molar-refractivity contribution in [3.63, 3.8) is 0 Å². The summed E-state index contributed by atoms with van der Waals surface area (Å²) in [6.07, 6.45) is 1.69. The van der Waals surface area contributed by atoms with E-state index in [4.69, 9.17) is 21.7 Å². The molecule has 2 aromatic carbocycles. The zero-order chi connectivity index (χ0) is 17.9. The lowest BCUT2D eigenvalue weighted by molar-refractivity contribution is 0.217. The zero-order valence-electron chi connectivity index (χ0n) is 13.9. The molecule has 0 aliphatic rings. The number of nitrogens with zero attached hydrogens (tertiary/aromatic N) is 1. The smallest absolute Gasteiger partial charge is 0.186 e. The van der Waals surface area contributed by atoms with E-state index in [-0.39, 0.29) is 0 Å². The van der Waals surface area contributed by atoms with Gasteiger partial charge in [0.15, 0.2) is 5.11 Å². The molecule has 0 radical (unpaired) electrons. The Kier molecular flexibility index (Phi) is 8.21. The van der Waals surface area contributed by atoms with E-state index in [2.05, 4.69) is 31.8 Å². The fraction of sp³-hybridized carbons (Fsp3) is 0.222. The van der Waals surface area contributed by atoms with Gasteiger partial charge in [0.2, 0.25) is 0 Å². The summed E-state index contributed by atoms with van der Waals surface area (Å²) in [6.45, 7) is 3.66. The van der Waals surface area contributed by atoms with Gasteiger partial charge in [-0.3, -0.25) is 5.43 Å². The van der Waals surface area contributed by atoms with Crippen LogP contribution in [0.15, 0.2) is 58.1 Å². The molecule has 2 aromatic rings. The van der Waals surface area contributed by atoms with Gasteiger partial charge in [-0.1, -0.05) is 28.1 Å². The zero-order valence-corrected chi connectivity index (χ0v) is 16.3. The Labute approximate surface area is 161 Å². The topological polar surface area (TPSA) is 54.9 Å². The second kappa shape index (κ2) is 10.7. The molecule has 0 aliphatic carbocycles. The van der Waals surface area contributed by atoms with Crippen LogP contribution >= 0.6 is 28.1 Å².